The third-order valence-corrected chi connectivity index (χ3v) is 4.53. The number of aromatic nitrogens is 1. The van der Waals surface area contributed by atoms with Crippen LogP contribution >= 0.6 is 0 Å². The fraction of sp³-hybridized carbons (Fsp3) is 0.400. The van der Waals surface area contributed by atoms with Crippen LogP contribution in [0.3, 0.4) is 0 Å². The third-order valence-electron chi connectivity index (χ3n) is 4.53. The van der Waals surface area contributed by atoms with Gasteiger partial charge >= 0.3 is 5.97 Å². The smallest absolute Gasteiger partial charge is 0.339 e. The highest BCUT2D eigenvalue weighted by Gasteiger charge is 2.24. The van der Waals surface area contributed by atoms with Crippen molar-refractivity contribution in [2.45, 2.75) is 32.6 Å². The van der Waals surface area contributed by atoms with Crippen molar-refractivity contribution >= 4 is 28.7 Å². The Balaban J connectivity index is 1.74. The summed E-state index contributed by atoms with van der Waals surface area (Å²) in [6, 6.07) is 7.46. The van der Waals surface area contributed by atoms with Gasteiger partial charge in [0.1, 0.15) is 0 Å². The fourth-order valence-corrected chi connectivity index (χ4v) is 3.30. The summed E-state index contributed by atoms with van der Waals surface area (Å²) in [5.41, 5.74) is 3.12. The Kier molecular flexibility index (Phi) is 6.01. The molecule has 0 saturated carbocycles. The maximum Gasteiger partial charge on any atom is 0.339 e. The number of esters is 1. The normalized spacial score (nSPS) is 12.9. The Bertz CT molecular complexity index is 879. The molecule has 1 aliphatic rings. The summed E-state index contributed by atoms with van der Waals surface area (Å²) < 4.78 is 5.25. The van der Waals surface area contributed by atoms with Crippen LogP contribution in [0.15, 0.2) is 24.3 Å². The molecule has 0 fully saturated rings. The number of benzene rings is 1. The van der Waals surface area contributed by atoms with Crippen LogP contribution in [0.5, 0.6) is 0 Å². The van der Waals surface area contributed by atoms with Crippen molar-refractivity contribution in [1.82, 2.24) is 15.6 Å². The number of fused-ring (bicyclic) bond motifs is 2. The van der Waals surface area contributed by atoms with Gasteiger partial charge in [-0.25, -0.2) is 4.79 Å². The molecule has 0 spiro atoms. The maximum atomic E-state index is 12.8. The lowest BCUT2D eigenvalue weighted by molar-refractivity contribution is -0.127. The summed E-state index contributed by atoms with van der Waals surface area (Å²) >= 11 is 0. The van der Waals surface area contributed by atoms with Gasteiger partial charge in [0.2, 0.25) is 5.91 Å². The average Bonchev–Trinajstić information content (AvgIpc) is 2.68. The maximum absolute atomic E-state index is 12.8. The second kappa shape index (κ2) is 8.62. The van der Waals surface area contributed by atoms with Gasteiger partial charge in [0.25, 0.3) is 5.91 Å². The van der Waals surface area contributed by atoms with E-state index >= 15 is 0 Å². The number of aryl methyl sites for hydroxylation is 1. The van der Waals surface area contributed by atoms with Crippen molar-refractivity contribution < 1.29 is 19.1 Å². The van der Waals surface area contributed by atoms with Crippen LogP contribution in [0.1, 0.15) is 41.4 Å². The summed E-state index contributed by atoms with van der Waals surface area (Å²) in [7, 11) is 0. The summed E-state index contributed by atoms with van der Waals surface area (Å²) in [6.07, 6.45) is 3.67. The van der Waals surface area contributed by atoms with Crippen LogP contribution in [0, 0.1) is 0 Å². The Morgan fingerprint density at radius 2 is 1.85 bits per heavy atom. The number of likely N-dealkylation sites (N-methyl/N-ethyl adjacent to an activating group) is 1. The lowest BCUT2D eigenvalue weighted by Crippen LogP contribution is -2.38. The first kappa shape index (κ1) is 18.8. The van der Waals surface area contributed by atoms with Crippen molar-refractivity contribution in [3.8, 4) is 0 Å². The molecule has 142 valence electrons. The number of hydrogen-bond donors (Lipinski definition) is 2. The van der Waals surface area contributed by atoms with Crippen LogP contribution in [0.4, 0.5) is 0 Å². The highest BCUT2D eigenvalue weighted by atomic mass is 16.5. The number of nitrogens with zero attached hydrogens (tertiary/aromatic N) is 1. The van der Waals surface area contributed by atoms with E-state index in [4.69, 9.17) is 4.74 Å². The fourth-order valence-electron chi connectivity index (χ4n) is 3.30. The van der Waals surface area contributed by atoms with Gasteiger partial charge in [0, 0.05) is 17.6 Å². The number of carbonyl (C=O) groups is 3. The van der Waals surface area contributed by atoms with Crippen LogP contribution in [0.2, 0.25) is 0 Å². The van der Waals surface area contributed by atoms with Crippen LogP contribution in [-0.2, 0) is 27.2 Å². The summed E-state index contributed by atoms with van der Waals surface area (Å²) in [4.78, 5) is 40.7. The predicted octanol–water partition coefficient (Wildman–Crippen LogP) is 1.52. The number of rotatable bonds is 6. The first-order valence-corrected chi connectivity index (χ1v) is 9.21. The van der Waals surface area contributed by atoms with Crippen molar-refractivity contribution in [3.05, 3.63) is 41.1 Å². The van der Waals surface area contributed by atoms with Gasteiger partial charge in [-0.3, -0.25) is 14.6 Å². The van der Waals surface area contributed by atoms with E-state index < -0.39 is 18.5 Å². The van der Waals surface area contributed by atoms with Crippen molar-refractivity contribution in [2.75, 3.05) is 19.7 Å². The largest absolute Gasteiger partial charge is 0.452 e. The van der Waals surface area contributed by atoms with Crippen LogP contribution < -0.4 is 10.6 Å². The van der Waals surface area contributed by atoms with E-state index in [1.54, 1.807) is 6.92 Å². The molecular formula is C20H23N3O4. The number of nitrogens with one attached hydrogen (secondary N) is 2. The second-order valence-corrected chi connectivity index (χ2v) is 6.44. The Morgan fingerprint density at radius 1 is 1.07 bits per heavy atom. The number of ether oxygens (including phenoxy) is 1. The zero-order valence-corrected chi connectivity index (χ0v) is 15.3. The SMILES string of the molecule is CCNC(=O)CNC(=O)COC(=O)c1c2c(nc3ccccc13)CCCC2. The molecule has 0 unspecified atom stereocenters. The summed E-state index contributed by atoms with van der Waals surface area (Å²) in [5, 5.41) is 5.75. The first-order valence-electron chi connectivity index (χ1n) is 9.21. The number of amides is 2. The second-order valence-electron chi connectivity index (χ2n) is 6.44. The van der Waals surface area contributed by atoms with E-state index in [1.165, 1.54) is 0 Å². The molecule has 2 amide bonds. The van der Waals surface area contributed by atoms with E-state index in [-0.39, 0.29) is 12.5 Å². The minimum absolute atomic E-state index is 0.141. The lowest BCUT2D eigenvalue weighted by atomic mass is 9.90. The van der Waals surface area contributed by atoms with E-state index in [0.717, 1.165) is 47.8 Å². The Morgan fingerprint density at radius 3 is 2.67 bits per heavy atom. The van der Waals surface area contributed by atoms with Crippen LogP contribution in [-0.4, -0.2) is 42.5 Å². The van der Waals surface area contributed by atoms with Crippen molar-refractivity contribution in [2.24, 2.45) is 0 Å². The zero-order chi connectivity index (χ0) is 19.2. The minimum Gasteiger partial charge on any atom is -0.452 e. The van der Waals surface area contributed by atoms with Crippen molar-refractivity contribution in [1.29, 1.82) is 0 Å². The molecular weight excluding hydrogens is 346 g/mol. The van der Waals surface area contributed by atoms with Crippen LogP contribution in [0.25, 0.3) is 10.9 Å². The monoisotopic (exact) mass is 369 g/mol. The molecule has 27 heavy (non-hydrogen) atoms. The number of para-hydroxylation sites is 1. The predicted molar refractivity (Wildman–Crippen MR) is 100 cm³/mol. The standard InChI is InChI=1S/C20H23N3O4/c1-2-21-17(24)11-22-18(25)12-27-20(26)19-13-7-3-5-9-15(13)23-16-10-6-4-8-14(16)19/h3,5,7,9H,2,4,6,8,10-12H2,1H3,(H,21,24)(H,22,25). The average molecular weight is 369 g/mol. The molecule has 0 atom stereocenters. The molecule has 1 aromatic heterocycles. The minimum atomic E-state index is -0.528. The molecule has 2 aromatic rings. The number of carbonyl (C=O) groups excluding carboxylic acids is 3. The van der Waals surface area contributed by atoms with Gasteiger partial charge in [-0.2, -0.15) is 0 Å². The first-order chi connectivity index (χ1) is 13.1. The molecule has 7 nitrogen and oxygen atoms in total. The van der Waals surface area contributed by atoms with Gasteiger partial charge in [0.05, 0.1) is 17.6 Å². The topological polar surface area (TPSA) is 97.4 Å². The molecule has 3 rings (SSSR count). The van der Waals surface area contributed by atoms with Crippen molar-refractivity contribution in [3.63, 3.8) is 0 Å². The molecule has 7 heteroatoms. The molecule has 2 N–H and O–H groups in total. The van der Waals surface area contributed by atoms with Gasteiger partial charge in [-0.05, 0) is 44.2 Å². The van der Waals surface area contributed by atoms with Gasteiger partial charge in [-0.1, -0.05) is 18.2 Å². The van der Waals surface area contributed by atoms with Gasteiger partial charge in [0.15, 0.2) is 6.61 Å². The molecule has 1 heterocycles. The Labute approximate surface area is 157 Å². The lowest BCUT2D eigenvalue weighted by Gasteiger charge is -2.19. The molecule has 1 aliphatic carbocycles. The molecule has 0 saturated heterocycles. The summed E-state index contributed by atoms with van der Waals surface area (Å²) in [6.45, 7) is 1.71. The highest BCUT2D eigenvalue weighted by molar-refractivity contribution is 6.05. The van der Waals surface area contributed by atoms with E-state index in [1.807, 2.05) is 24.3 Å². The van der Waals surface area contributed by atoms with Gasteiger partial charge in [-0.15, -0.1) is 0 Å². The summed E-state index contributed by atoms with van der Waals surface area (Å²) in [5.74, 6) is -1.33. The number of hydrogen-bond acceptors (Lipinski definition) is 5. The highest BCUT2D eigenvalue weighted by Crippen LogP contribution is 2.29. The molecule has 0 aliphatic heterocycles. The quantitative estimate of drug-likeness (QED) is 0.753. The molecule has 0 radical (unpaired) electrons. The molecule has 0 bridgehead atoms. The Hall–Kier alpha value is -2.96. The van der Waals surface area contributed by atoms with E-state index in [9.17, 15) is 14.4 Å². The van der Waals surface area contributed by atoms with E-state index in [2.05, 4.69) is 15.6 Å². The van der Waals surface area contributed by atoms with E-state index in [0.29, 0.717) is 12.1 Å². The van der Waals surface area contributed by atoms with Gasteiger partial charge < -0.3 is 15.4 Å². The zero-order valence-electron chi connectivity index (χ0n) is 15.3. The number of pyridine rings is 1. The molecule has 1 aromatic carbocycles. The third kappa shape index (κ3) is 4.42.